The first kappa shape index (κ1) is 18.4. The highest BCUT2D eigenvalue weighted by Gasteiger charge is 2.25. The summed E-state index contributed by atoms with van der Waals surface area (Å²) < 4.78 is 1.92. The lowest BCUT2D eigenvalue weighted by molar-refractivity contribution is 0.189. The van der Waals surface area contributed by atoms with Gasteiger partial charge in [-0.2, -0.15) is 5.26 Å². The molecule has 6 nitrogen and oxygen atoms in total. The van der Waals surface area contributed by atoms with Crippen LogP contribution in [0.3, 0.4) is 0 Å². The van der Waals surface area contributed by atoms with Crippen LogP contribution in [-0.2, 0) is 13.6 Å². The lowest BCUT2D eigenvalue weighted by Gasteiger charge is -2.40. The maximum Gasteiger partial charge on any atom is 0.162 e. The molecule has 2 heterocycles. The summed E-state index contributed by atoms with van der Waals surface area (Å²) in [6.07, 6.45) is 1.70. The van der Waals surface area contributed by atoms with Gasteiger partial charge in [0.05, 0.1) is 12.0 Å². The third kappa shape index (κ3) is 4.43. The molecule has 1 aliphatic heterocycles. The molecule has 26 heavy (non-hydrogen) atoms. The molecule has 1 saturated heterocycles. The molecule has 138 valence electrons. The Kier molecular flexibility index (Phi) is 5.60. The minimum atomic E-state index is -0.0358. The Balaban J connectivity index is 1.51. The summed E-state index contributed by atoms with van der Waals surface area (Å²) in [7, 11) is 1.93. The van der Waals surface area contributed by atoms with Crippen molar-refractivity contribution >= 4 is 5.69 Å². The fourth-order valence-corrected chi connectivity index (χ4v) is 3.50. The van der Waals surface area contributed by atoms with Crippen molar-refractivity contribution in [3.05, 3.63) is 48.0 Å². The number of piperazine rings is 1. The largest absolute Gasteiger partial charge is 0.369 e. The summed E-state index contributed by atoms with van der Waals surface area (Å²) in [5.74, 6) is 0. The molecule has 0 amide bonds. The zero-order chi connectivity index (χ0) is 18.6. The molecule has 0 atom stereocenters. The van der Waals surface area contributed by atoms with E-state index in [2.05, 4.69) is 70.3 Å². The summed E-state index contributed by atoms with van der Waals surface area (Å²) >= 11 is 0. The van der Waals surface area contributed by atoms with Gasteiger partial charge in [0, 0.05) is 57.5 Å². The van der Waals surface area contributed by atoms with Gasteiger partial charge in [0.15, 0.2) is 5.69 Å². The van der Waals surface area contributed by atoms with Gasteiger partial charge < -0.3 is 14.8 Å². The highest BCUT2D eigenvalue weighted by molar-refractivity contribution is 5.46. The van der Waals surface area contributed by atoms with E-state index in [0.717, 1.165) is 38.4 Å². The Morgan fingerprint density at radius 3 is 2.50 bits per heavy atom. The number of nitriles is 1. The second-order valence-corrected chi connectivity index (χ2v) is 7.60. The fourth-order valence-electron chi connectivity index (χ4n) is 3.50. The number of aryl methyl sites for hydroxylation is 1. The molecule has 0 saturated carbocycles. The smallest absolute Gasteiger partial charge is 0.162 e. The van der Waals surface area contributed by atoms with Crippen LogP contribution in [0, 0.1) is 11.3 Å². The molecule has 3 rings (SSSR count). The van der Waals surface area contributed by atoms with Crippen molar-refractivity contribution in [2.24, 2.45) is 7.05 Å². The summed E-state index contributed by atoms with van der Waals surface area (Å²) in [4.78, 5) is 9.10. The van der Waals surface area contributed by atoms with Gasteiger partial charge in [0.25, 0.3) is 0 Å². The van der Waals surface area contributed by atoms with E-state index in [1.807, 2.05) is 11.6 Å². The number of aromatic nitrogens is 2. The minimum Gasteiger partial charge on any atom is -0.369 e. The number of hydrogen-bond acceptors (Lipinski definition) is 5. The molecule has 0 unspecified atom stereocenters. The third-order valence-corrected chi connectivity index (χ3v) is 5.01. The molecule has 1 aliphatic rings. The molecule has 0 spiro atoms. The molecule has 1 fully saturated rings. The molecule has 1 N–H and O–H groups in total. The zero-order valence-corrected chi connectivity index (χ0v) is 15.9. The normalized spacial score (nSPS) is 15.8. The SMILES string of the molecule is Cn1cnc(C#N)c1CNC(C)(C)CN1CCN(c2ccccc2)CC1. The van der Waals surface area contributed by atoms with Crippen molar-refractivity contribution in [3.8, 4) is 6.07 Å². The standard InChI is InChI=1S/C20H28N6/c1-20(2,23-14-19-18(13-21)22-16-24(19)3)15-25-9-11-26(12-10-25)17-7-5-4-6-8-17/h4-8,16,23H,9-12,14-15H2,1-3H3. The molecule has 6 heteroatoms. The molecule has 0 bridgehead atoms. The van der Waals surface area contributed by atoms with E-state index in [9.17, 15) is 5.26 Å². The van der Waals surface area contributed by atoms with E-state index < -0.39 is 0 Å². The van der Waals surface area contributed by atoms with E-state index in [4.69, 9.17) is 0 Å². The van der Waals surface area contributed by atoms with Crippen molar-refractivity contribution < 1.29 is 0 Å². The molecule has 2 aromatic rings. The van der Waals surface area contributed by atoms with Crippen molar-refractivity contribution in [2.75, 3.05) is 37.6 Å². The number of para-hydroxylation sites is 1. The van der Waals surface area contributed by atoms with Crippen molar-refractivity contribution in [2.45, 2.75) is 25.9 Å². The second kappa shape index (κ2) is 7.90. The summed E-state index contributed by atoms with van der Waals surface area (Å²) in [5, 5.41) is 12.8. The van der Waals surface area contributed by atoms with Gasteiger partial charge in [0.1, 0.15) is 6.07 Å². The van der Waals surface area contributed by atoms with E-state index in [0.29, 0.717) is 12.2 Å². The van der Waals surface area contributed by atoms with Crippen LogP contribution in [0.1, 0.15) is 25.2 Å². The minimum absolute atomic E-state index is 0.0358. The quantitative estimate of drug-likeness (QED) is 0.861. The van der Waals surface area contributed by atoms with E-state index in [-0.39, 0.29) is 5.54 Å². The Hall–Kier alpha value is -2.36. The van der Waals surface area contributed by atoms with E-state index >= 15 is 0 Å². The van der Waals surface area contributed by atoms with Crippen molar-refractivity contribution in [1.82, 2.24) is 19.8 Å². The third-order valence-electron chi connectivity index (χ3n) is 5.01. The maximum atomic E-state index is 9.17. The van der Waals surface area contributed by atoms with Crippen LogP contribution in [0.4, 0.5) is 5.69 Å². The predicted octanol–water partition coefficient (Wildman–Crippen LogP) is 1.98. The summed E-state index contributed by atoms with van der Waals surface area (Å²) in [5.41, 5.74) is 2.72. The Bertz CT molecular complexity index is 750. The average Bonchev–Trinajstić information content (AvgIpc) is 3.01. The number of imidazole rings is 1. The summed E-state index contributed by atoms with van der Waals surface area (Å²) in [6.45, 7) is 10.3. The fraction of sp³-hybridized carbons (Fsp3) is 0.500. The first-order chi connectivity index (χ1) is 12.5. The Labute approximate surface area is 156 Å². The van der Waals surface area contributed by atoms with Gasteiger partial charge in [-0.05, 0) is 26.0 Å². The number of nitrogens with zero attached hydrogens (tertiary/aromatic N) is 5. The number of rotatable bonds is 6. The Morgan fingerprint density at radius 2 is 1.85 bits per heavy atom. The van der Waals surface area contributed by atoms with Crippen molar-refractivity contribution in [1.29, 1.82) is 5.26 Å². The van der Waals surface area contributed by atoms with Crippen LogP contribution in [0.5, 0.6) is 0 Å². The van der Waals surface area contributed by atoms with Crippen molar-refractivity contribution in [3.63, 3.8) is 0 Å². The highest BCUT2D eigenvalue weighted by Crippen LogP contribution is 2.17. The van der Waals surface area contributed by atoms with Crippen LogP contribution < -0.4 is 10.2 Å². The lowest BCUT2D eigenvalue weighted by atomic mass is 10.0. The first-order valence-electron chi connectivity index (χ1n) is 9.16. The number of anilines is 1. The Morgan fingerprint density at radius 1 is 1.15 bits per heavy atom. The molecular weight excluding hydrogens is 324 g/mol. The van der Waals surface area contributed by atoms with Crippen LogP contribution in [0.25, 0.3) is 0 Å². The maximum absolute atomic E-state index is 9.17. The van der Waals surface area contributed by atoms with Crippen LogP contribution >= 0.6 is 0 Å². The predicted molar refractivity (Wildman–Crippen MR) is 104 cm³/mol. The van der Waals surface area contributed by atoms with Gasteiger partial charge in [-0.3, -0.25) is 4.90 Å². The van der Waals surface area contributed by atoms with Gasteiger partial charge in [-0.15, -0.1) is 0 Å². The van der Waals surface area contributed by atoms with E-state index in [1.54, 1.807) is 6.33 Å². The topological polar surface area (TPSA) is 60.1 Å². The average molecular weight is 352 g/mol. The van der Waals surface area contributed by atoms with Gasteiger partial charge in [-0.25, -0.2) is 4.98 Å². The zero-order valence-electron chi connectivity index (χ0n) is 15.9. The molecule has 0 radical (unpaired) electrons. The number of hydrogen-bond donors (Lipinski definition) is 1. The highest BCUT2D eigenvalue weighted by atomic mass is 15.3. The molecule has 1 aromatic heterocycles. The summed E-state index contributed by atoms with van der Waals surface area (Å²) in [6, 6.07) is 12.8. The monoisotopic (exact) mass is 352 g/mol. The lowest BCUT2D eigenvalue weighted by Crippen LogP contribution is -2.54. The first-order valence-corrected chi connectivity index (χ1v) is 9.16. The van der Waals surface area contributed by atoms with Gasteiger partial charge in [-0.1, -0.05) is 18.2 Å². The van der Waals surface area contributed by atoms with Crippen LogP contribution in [0.15, 0.2) is 36.7 Å². The molecular formula is C20H28N6. The molecule has 0 aliphatic carbocycles. The van der Waals surface area contributed by atoms with Gasteiger partial charge in [0.2, 0.25) is 0 Å². The molecule has 1 aromatic carbocycles. The van der Waals surface area contributed by atoms with Gasteiger partial charge >= 0.3 is 0 Å². The van der Waals surface area contributed by atoms with Crippen LogP contribution in [-0.4, -0.2) is 52.7 Å². The number of benzene rings is 1. The number of nitrogens with one attached hydrogen (secondary N) is 1. The van der Waals surface area contributed by atoms with Crippen LogP contribution in [0.2, 0.25) is 0 Å². The van der Waals surface area contributed by atoms with E-state index in [1.165, 1.54) is 5.69 Å². The second-order valence-electron chi connectivity index (χ2n) is 7.60.